The molecule has 0 bridgehead atoms. The number of guanidine groups is 1. The predicted octanol–water partition coefficient (Wildman–Crippen LogP) is 3.05. The molecule has 1 aromatic rings. The summed E-state index contributed by atoms with van der Waals surface area (Å²) < 4.78 is 10.9. The number of aliphatic imine (C=N–C) groups is 1. The highest BCUT2D eigenvalue weighted by molar-refractivity contribution is 14.0. The van der Waals surface area contributed by atoms with Crippen LogP contribution in [0.5, 0.6) is 11.5 Å². The van der Waals surface area contributed by atoms with Crippen LogP contribution in [-0.2, 0) is 13.0 Å². The van der Waals surface area contributed by atoms with E-state index in [0.29, 0.717) is 6.04 Å². The zero-order valence-electron chi connectivity index (χ0n) is 15.0. The SMILES string of the molecule is CCN=C(NC1CC1C)N1CCc2cc(OC)c(OC)cc2C1.I. The van der Waals surface area contributed by atoms with Gasteiger partial charge in [-0.05, 0) is 48.9 Å². The van der Waals surface area contributed by atoms with Gasteiger partial charge in [0.2, 0.25) is 0 Å². The lowest BCUT2D eigenvalue weighted by Crippen LogP contribution is -2.45. The first-order chi connectivity index (χ1) is 11.2. The first-order valence-electron chi connectivity index (χ1n) is 8.46. The monoisotopic (exact) mass is 445 g/mol. The molecule has 1 aliphatic carbocycles. The third-order valence-electron chi connectivity index (χ3n) is 4.75. The molecular formula is C18H28IN3O2. The average molecular weight is 445 g/mol. The Hall–Kier alpha value is -1.18. The molecular weight excluding hydrogens is 417 g/mol. The van der Waals surface area contributed by atoms with Gasteiger partial charge in [0.15, 0.2) is 17.5 Å². The van der Waals surface area contributed by atoms with Crippen molar-refractivity contribution in [2.45, 2.75) is 39.3 Å². The molecule has 0 amide bonds. The lowest BCUT2D eigenvalue weighted by Gasteiger charge is -2.32. The van der Waals surface area contributed by atoms with Crippen LogP contribution in [-0.4, -0.2) is 44.2 Å². The standard InChI is InChI=1S/C18H27N3O2.HI/c1-5-19-18(20-15-8-12(15)2)21-7-6-13-9-16(22-3)17(23-4)10-14(13)11-21;/h9-10,12,15H,5-8,11H2,1-4H3,(H,19,20);1H. The van der Waals surface area contributed by atoms with Crippen molar-refractivity contribution in [2.24, 2.45) is 10.9 Å². The van der Waals surface area contributed by atoms with Crippen LogP contribution in [0, 0.1) is 5.92 Å². The molecule has 5 nitrogen and oxygen atoms in total. The second-order valence-electron chi connectivity index (χ2n) is 6.41. The van der Waals surface area contributed by atoms with Crippen LogP contribution >= 0.6 is 24.0 Å². The van der Waals surface area contributed by atoms with Gasteiger partial charge < -0.3 is 19.7 Å². The van der Waals surface area contributed by atoms with Crippen LogP contribution < -0.4 is 14.8 Å². The lowest BCUT2D eigenvalue weighted by atomic mass is 9.99. The number of methoxy groups -OCH3 is 2. The minimum Gasteiger partial charge on any atom is -0.493 e. The van der Waals surface area contributed by atoms with E-state index in [1.54, 1.807) is 14.2 Å². The van der Waals surface area contributed by atoms with Crippen LogP contribution in [0.2, 0.25) is 0 Å². The maximum absolute atomic E-state index is 5.44. The first-order valence-corrected chi connectivity index (χ1v) is 8.46. The van der Waals surface area contributed by atoms with Gasteiger partial charge in [0, 0.05) is 25.7 Å². The normalized spacial score (nSPS) is 22.3. The van der Waals surface area contributed by atoms with E-state index in [-0.39, 0.29) is 24.0 Å². The number of halogens is 1. The van der Waals surface area contributed by atoms with Gasteiger partial charge >= 0.3 is 0 Å². The Morgan fingerprint density at radius 1 is 1.25 bits per heavy atom. The molecule has 2 aliphatic rings. The van der Waals surface area contributed by atoms with Crippen molar-refractivity contribution in [3.8, 4) is 11.5 Å². The van der Waals surface area contributed by atoms with Gasteiger partial charge in [-0.15, -0.1) is 24.0 Å². The van der Waals surface area contributed by atoms with Crippen LogP contribution in [0.15, 0.2) is 17.1 Å². The van der Waals surface area contributed by atoms with E-state index in [1.165, 1.54) is 17.5 Å². The molecule has 1 aliphatic heterocycles. The van der Waals surface area contributed by atoms with Crippen LogP contribution in [0.4, 0.5) is 0 Å². The van der Waals surface area contributed by atoms with Crippen LogP contribution in [0.1, 0.15) is 31.4 Å². The highest BCUT2D eigenvalue weighted by atomic mass is 127. The number of benzene rings is 1. The Labute approximate surface area is 161 Å². The number of ether oxygens (including phenoxy) is 2. The van der Waals surface area contributed by atoms with Crippen molar-refractivity contribution in [1.29, 1.82) is 0 Å². The van der Waals surface area contributed by atoms with Crippen molar-refractivity contribution in [3.05, 3.63) is 23.3 Å². The van der Waals surface area contributed by atoms with E-state index in [0.717, 1.165) is 49.4 Å². The number of rotatable bonds is 4. The average Bonchev–Trinajstić information content (AvgIpc) is 3.27. The quantitative estimate of drug-likeness (QED) is 0.440. The van der Waals surface area contributed by atoms with Gasteiger partial charge in [-0.25, -0.2) is 0 Å². The van der Waals surface area contributed by atoms with Gasteiger partial charge in [-0.1, -0.05) is 6.92 Å². The summed E-state index contributed by atoms with van der Waals surface area (Å²) in [4.78, 5) is 7.04. The molecule has 0 saturated heterocycles. The van der Waals surface area contributed by atoms with E-state index >= 15 is 0 Å². The molecule has 0 spiro atoms. The number of fused-ring (bicyclic) bond motifs is 1. The predicted molar refractivity (Wildman–Crippen MR) is 108 cm³/mol. The third-order valence-corrected chi connectivity index (χ3v) is 4.75. The van der Waals surface area contributed by atoms with Gasteiger partial charge in [0.25, 0.3) is 0 Å². The largest absolute Gasteiger partial charge is 0.493 e. The molecule has 24 heavy (non-hydrogen) atoms. The highest BCUT2D eigenvalue weighted by Crippen LogP contribution is 2.34. The van der Waals surface area contributed by atoms with E-state index < -0.39 is 0 Å². The van der Waals surface area contributed by atoms with Crippen molar-refractivity contribution in [2.75, 3.05) is 27.3 Å². The topological polar surface area (TPSA) is 46.1 Å². The molecule has 3 rings (SSSR count). The first kappa shape index (κ1) is 19.1. The number of hydrogen-bond donors (Lipinski definition) is 1. The summed E-state index contributed by atoms with van der Waals surface area (Å²) in [5.74, 6) is 3.42. The van der Waals surface area contributed by atoms with Gasteiger partial charge in [-0.3, -0.25) is 4.99 Å². The highest BCUT2D eigenvalue weighted by Gasteiger charge is 2.34. The zero-order valence-corrected chi connectivity index (χ0v) is 17.3. The van der Waals surface area contributed by atoms with Gasteiger partial charge in [0.05, 0.1) is 14.2 Å². The second kappa shape index (κ2) is 8.27. The summed E-state index contributed by atoms with van der Waals surface area (Å²) in [5.41, 5.74) is 2.64. The van der Waals surface area contributed by atoms with E-state index in [2.05, 4.69) is 41.2 Å². The van der Waals surface area contributed by atoms with Gasteiger partial charge in [-0.2, -0.15) is 0 Å². The second-order valence-corrected chi connectivity index (χ2v) is 6.41. The number of hydrogen-bond acceptors (Lipinski definition) is 3. The summed E-state index contributed by atoms with van der Waals surface area (Å²) in [6.45, 7) is 7.02. The van der Waals surface area contributed by atoms with Crippen molar-refractivity contribution in [1.82, 2.24) is 10.2 Å². The van der Waals surface area contributed by atoms with E-state index in [4.69, 9.17) is 9.47 Å². The van der Waals surface area contributed by atoms with E-state index in [9.17, 15) is 0 Å². The minimum absolute atomic E-state index is 0. The van der Waals surface area contributed by atoms with Crippen molar-refractivity contribution >= 4 is 29.9 Å². The molecule has 0 radical (unpaired) electrons. The fourth-order valence-electron chi connectivity index (χ4n) is 3.14. The molecule has 1 saturated carbocycles. The van der Waals surface area contributed by atoms with Crippen molar-refractivity contribution < 1.29 is 9.47 Å². The zero-order chi connectivity index (χ0) is 16.4. The Balaban J connectivity index is 0.00000208. The Bertz CT molecular complexity index is 606. The lowest BCUT2D eigenvalue weighted by molar-refractivity contribution is 0.345. The maximum Gasteiger partial charge on any atom is 0.194 e. The third kappa shape index (κ3) is 4.07. The molecule has 1 heterocycles. The fraction of sp³-hybridized carbons (Fsp3) is 0.611. The maximum atomic E-state index is 5.44. The Morgan fingerprint density at radius 2 is 1.88 bits per heavy atom. The molecule has 2 atom stereocenters. The summed E-state index contributed by atoms with van der Waals surface area (Å²) >= 11 is 0. The van der Waals surface area contributed by atoms with Crippen LogP contribution in [0.3, 0.4) is 0 Å². The summed E-state index contributed by atoms with van der Waals surface area (Å²) in [6, 6.07) is 4.80. The van der Waals surface area contributed by atoms with Crippen molar-refractivity contribution in [3.63, 3.8) is 0 Å². The Morgan fingerprint density at radius 3 is 2.42 bits per heavy atom. The molecule has 0 aromatic heterocycles. The molecule has 2 unspecified atom stereocenters. The number of nitrogens with one attached hydrogen (secondary N) is 1. The minimum atomic E-state index is 0. The van der Waals surface area contributed by atoms with Gasteiger partial charge in [0.1, 0.15) is 0 Å². The summed E-state index contributed by atoms with van der Waals surface area (Å²) in [6.07, 6.45) is 2.25. The summed E-state index contributed by atoms with van der Waals surface area (Å²) in [5, 5.41) is 3.61. The molecule has 1 aromatic carbocycles. The molecule has 1 fully saturated rings. The Kier molecular flexibility index (Phi) is 6.60. The summed E-state index contributed by atoms with van der Waals surface area (Å²) in [7, 11) is 3.37. The fourth-order valence-corrected chi connectivity index (χ4v) is 3.14. The smallest absolute Gasteiger partial charge is 0.194 e. The number of nitrogens with zero attached hydrogens (tertiary/aromatic N) is 2. The van der Waals surface area contributed by atoms with E-state index in [1.807, 2.05) is 0 Å². The molecule has 134 valence electrons. The molecule has 6 heteroatoms. The molecule has 1 N–H and O–H groups in total. The van der Waals surface area contributed by atoms with Crippen LogP contribution in [0.25, 0.3) is 0 Å².